The highest BCUT2D eigenvalue weighted by molar-refractivity contribution is 5.99. The molecule has 1 N–H and O–H groups in total. The van der Waals surface area contributed by atoms with Crippen LogP contribution in [0.15, 0.2) is 24.7 Å². The standard InChI is InChI=1S/C14H18N4O/c1-10-3-5-11(6-4-10)17-14(19)12-9-16-18-8-2-7-15-13(12)18/h2,7-11H,3-6H2,1H3,(H,17,19). The summed E-state index contributed by atoms with van der Waals surface area (Å²) in [5.41, 5.74) is 1.17. The van der Waals surface area contributed by atoms with Crippen LogP contribution in [0.4, 0.5) is 0 Å². The Balaban J connectivity index is 1.73. The molecular weight excluding hydrogens is 240 g/mol. The van der Waals surface area contributed by atoms with Crippen LogP contribution in [0, 0.1) is 5.92 Å². The second-order valence-corrected chi connectivity index (χ2v) is 5.38. The maximum Gasteiger partial charge on any atom is 0.256 e. The van der Waals surface area contributed by atoms with E-state index < -0.39 is 0 Å². The SMILES string of the molecule is CC1CCC(NC(=O)c2cnn3cccnc23)CC1. The zero-order valence-corrected chi connectivity index (χ0v) is 11.0. The summed E-state index contributed by atoms with van der Waals surface area (Å²) in [6, 6.07) is 2.09. The first-order valence-corrected chi connectivity index (χ1v) is 6.83. The summed E-state index contributed by atoms with van der Waals surface area (Å²) in [5.74, 6) is 0.722. The van der Waals surface area contributed by atoms with Gasteiger partial charge in [0.2, 0.25) is 0 Å². The Hall–Kier alpha value is -1.91. The van der Waals surface area contributed by atoms with Crippen LogP contribution in [-0.4, -0.2) is 26.5 Å². The van der Waals surface area contributed by atoms with Gasteiger partial charge in [0.05, 0.1) is 6.20 Å². The molecule has 0 radical (unpaired) electrons. The lowest BCUT2D eigenvalue weighted by Gasteiger charge is -2.26. The van der Waals surface area contributed by atoms with Crippen molar-refractivity contribution in [1.82, 2.24) is 19.9 Å². The number of aromatic nitrogens is 3. The van der Waals surface area contributed by atoms with E-state index in [-0.39, 0.29) is 5.91 Å². The predicted octanol–water partition coefficient (Wildman–Crippen LogP) is 2.04. The molecule has 1 amide bonds. The monoisotopic (exact) mass is 258 g/mol. The maximum absolute atomic E-state index is 12.3. The Morgan fingerprint density at radius 1 is 1.37 bits per heavy atom. The number of fused-ring (bicyclic) bond motifs is 1. The summed E-state index contributed by atoms with van der Waals surface area (Å²) in [6.07, 6.45) is 9.58. The van der Waals surface area contributed by atoms with Crippen LogP contribution in [0.3, 0.4) is 0 Å². The average Bonchev–Trinajstić information content (AvgIpc) is 2.85. The number of hydrogen-bond donors (Lipinski definition) is 1. The number of nitrogens with zero attached hydrogens (tertiary/aromatic N) is 3. The van der Waals surface area contributed by atoms with Crippen molar-refractivity contribution >= 4 is 11.6 Å². The topological polar surface area (TPSA) is 59.3 Å². The number of rotatable bonds is 2. The van der Waals surface area contributed by atoms with Gasteiger partial charge in [0.1, 0.15) is 5.56 Å². The van der Waals surface area contributed by atoms with Crippen molar-refractivity contribution in [3.63, 3.8) is 0 Å². The number of amides is 1. The van der Waals surface area contributed by atoms with E-state index >= 15 is 0 Å². The molecule has 3 rings (SSSR count). The summed E-state index contributed by atoms with van der Waals surface area (Å²) in [4.78, 5) is 16.5. The van der Waals surface area contributed by atoms with Crippen LogP contribution in [0.5, 0.6) is 0 Å². The molecule has 5 nitrogen and oxygen atoms in total. The molecule has 5 heteroatoms. The Morgan fingerprint density at radius 2 is 2.16 bits per heavy atom. The largest absolute Gasteiger partial charge is 0.349 e. The third-order valence-electron chi connectivity index (χ3n) is 3.87. The highest BCUT2D eigenvalue weighted by Crippen LogP contribution is 2.23. The lowest BCUT2D eigenvalue weighted by molar-refractivity contribution is 0.0924. The van der Waals surface area contributed by atoms with E-state index in [1.807, 2.05) is 0 Å². The van der Waals surface area contributed by atoms with Crippen molar-refractivity contribution in [3.8, 4) is 0 Å². The first-order chi connectivity index (χ1) is 9.24. The summed E-state index contributed by atoms with van der Waals surface area (Å²) >= 11 is 0. The molecule has 0 aromatic carbocycles. The Kier molecular flexibility index (Phi) is 3.19. The molecule has 2 aromatic rings. The van der Waals surface area contributed by atoms with E-state index in [1.54, 1.807) is 29.2 Å². The second-order valence-electron chi connectivity index (χ2n) is 5.38. The van der Waals surface area contributed by atoms with Crippen LogP contribution >= 0.6 is 0 Å². The van der Waals surface area contributed by atoms with Gasteiger partial charge in [-0.15, -0.1) is 0 Å². The van der Waals surface area contributed by atoms with Gasteiger partial charge in [0.25, 0.3) is 5.91 Å². The molecule has 0 atom stereocenters. The fraction of sp³-hybridized carbons (Fsp3) is 0.500. The van der Waals surface area contributed by atoms with E-state index in [4.69, 9.17) is 0 Å². The van der Waals surface area contributed by atoms with Crippen molar-refractivity contribution in [2.45, 2.75) is 38.6 Å². The molecule has 19 heavy (non-hydrogen) atoms. The van der Waals surface area contributed by atoms with Gasteiger partial charge in [-0.3, -0.25) is 4.79 Å². The minimum atomic E-state index is -0.0618. The van der Waals surface area contributed by atoms with Crippen molar-refractivity contribution in [2.75, 3.05) is 0 Å². The van der Waals surface area contributed by atoms with Gasteiger partial charge in [-0.05, 0) is 37.7 Å². The van der Waals surface area contributed by atoms with Crippen LogP contribution in [0.1, 0.15) is 43.0 Å². The fourth-order valence-electron chi connectivity index (χ4n) is 2.65. The predicted molar refractivity (Wildman–Crippen MR) is 71.9 cm³/mol. The van der Waals surface area contributed by atoms with E-state index in [2.05, 4.69) is 22.3 Å². The second kappa shape index (κ2) is 4.99. The van der Waals surface area contributed by atoms with Gasteiger partial charge in [0, 0.05) is 18.4 Å². The Bertz CT molecular complexity index is 584. The summed E-state index contributed by atoms with van der Waals surface area (Å²) in [7, 11) is 0. The zero-order chi connectivity index (χ0) is 13.2. The van der Waals surface area contributed by atoms with Gasteiger partial charge in [-0.25, -0.2) is 9.50 Å². The molecule has 2 heterocycles. The van der Waals surface area contributed by atoms with Gasteiger partial charge in [0.15, 0.2) is 5.65 Å². The number of hydrogen-bond acceptors (Lipinski definition) is 3. The molecule has 0 unspecified atom stereocenters. The first-order valence-electron chi connectivity index (χ1n) is 6.83. The molecule has 0 spiro atoms. The molecule has 0 saturated heterocycles. The van der Waals surface area contributed by atoms with Crippen molar-refractivity contribution in [3.05, 3.63) is 30.2 Å². The molecule has 1 fully saturated rings. The maximum atomic E-state index is 12.3. The zero-order valence-electron chi connectivity index (χ0n) is 11.0. The smallest absolute Gasteiger partial charge is 0.256 e. The van der Waals surface area contributed by atoms with Gasteiger partial charge in [-0.1, -0.05) is 6.92 Å². The van der Waals surface area contributed by atoms with Crippen molar-refractivity contribution < 1.29 is 4.79 Å². The highest BCUT2D eigenvalue weighted by Gasteiger charge is 2.22. The van der Waals surface area contributed by atoms with Gasteiger partial charge < -0.3 is 5.32 Å². The van der Waals surface area contributed by atoms with Gasteiger partial charge in [-0.2, -0.15) is 5.10 Å². The fourth-order valence-corrected chi connectivity index (χ4v) is 2.65. The molecule has 100 valence electrons. The Morgan fingerprint density at radius 3 is 2.95 bits per heavy atom. The molecule has 1 aliphatic carbocycles. The quantitative estimate of drug-likeness (QED) is 0.896. The normalized spacial score (nSPS) is 23.4. The van der Waals surface area contributed by atoms with Crippen molar-refractivity contribution in [2.24, 2.45) is 5.92 Å². The van der Waals surface area contributed by atoms with Crippen LogP contribution in [0.25, 0.3) is 5.65 Å². The third-order valence-corrected chi connectivity index (χ3v) is 3.87. The first kappa shape index (κ1) is 12.1. The number of carbonyl (C=O) groups is 1. The van der Waals surface area contributed by atoms with Crippen molar-refractivity contribution in [1.29, 1.82) is 0 Å². The van der Waals surface area contributed by atoms with Gasteiger partial charge >= 0.3 is 0 Å². The average molecular weight is 258 g/mol. The van der Waals surface area contributed by atoms with Crippen LogP contribution in [-0.2, 0) is 0 Å². The lowest BCUT2D eigenvalue weighted by Crippen LogP contribution is -2.37. The third kappa shape index (κ3) is 2.45. The Labute approximate surface area is 112 Å². The number of nitrogens with one attached hydrogen (secondary N) is 1. The van der Waals surface area contributed by atoms with E-state index in [1.165, 1.54) is 12.8 Å². The summed E-state index contributed by atoms with van der Waals surface area (Å²) < 4.78 is 1.62. The minimum Gasteiger partial charge on any atom is -0.349 e. The molecule has 1 saturated carbocycles. The highest BCUT2D eigenvalue weighted by atomic mass is 16.1. The van der Waals surface area contributed by atoms with E-state index in [9.17, 15) is 4.79 Å². The summed E-state index contributed by atoms with van der Waals surface area (Å²) in [5, 5.41) is 7.24. The number of carbonyl (C=O) groups excluding carboxylic acids is 1. The lowest BCUT2D eigenvalue weighted by atomic mass is 9.87. The molecule has 2 aromatic heterocycles. The van der Waals surface area contributed by atoms with Crippen LogP contribution in [0.2, 0.25) is 0 Å². The van der Waals surface area contributed by atoms with E-state index in [0.29, 0.717) is 17.3 Å². The molecule has 0 aliphatic heterocycles. The molecule has 0 bridgehead atoms. The molecule has 1 aliphatic rings. The van der Waals surface area contributed by atoms with Crippen LogP contribution < -0.4 is 5.32 Å². The summed E-state index contributed by atoms with van der Waals surface area (Å²) in [6.45, 7) is 2.27. The molecular formula is C14H18N4O. The van der Waals surface area contributed by atoms with E-state index in [0.717, 1.165) is 18.8 Å². The minimum absolute atomic E-state index is 0.0618.